The molecule has 0 fully saturated rings. The highest BCUT2D eigenvalue weighted by molar-refractivity contribution is 9.10. The van der Waals surface area contributed by atoms with Gasteiger partial charge in [-0.1, -0.05) is 39.7 Å². The first-order chi connectivity index (χ1) is 14.9. The van der Waals surface area contributed by atoms with Crippen LogP contribution in [-0.4, -0.2) is 28.5 Å². The fourth-order valence-corrected chi connectivity index (χ4v) is 3.57. The zero-order chi connectivity index (χ0) is 22.0. The largest absolute Gasteiger partial charge is 0.508 e. The molecule has 0 bridgehead atoms. The van der Waals surface area contributed by atoms with Crippen LogP contribution in [0, 0.1) is 0 Å². The second kappa shape index (κ2) is 8.87. The van der Waals surface area contributed by atoms with Crippen LogP contribution in [0.4, 0.5) is 5.69 Å². The average molecular weight is 503 g/mol. The van der Waals surface area contributed by atoms with Gasteiger partial charge in [0.15, 0.2) is 6.61 Å². The minimum absolute atomic E-state index is 0.0940. The van der Waals surface area contributed by atoms with Crippen LogP contribution in [0.5, 0.6) is 11.5 Å². The van der Waals surface area contributed by atoms with Gasteiger partial charge in [0.25, 0.3) is 11.8 Å². The summed E-state index contributed by atoms with van der Waals surface area (Å²) in [5, 5.41) is 14.4. The monoisotopic (exact) mass is 501 g/mol. The van der Waals surface area contributed by atoms with Crippen LogP contribution in [0.1, 0.15) is 22.1 Å². The molecule has 0 saturated carbocycles. The van der Waals surface area contributed by atoms with E-state index in [4.69, 9.17) is 16.3 Å². The van der Waals surface area contributed by atoms with Crippen LogP contribution >= 0.6 is 27.5 Å². The highest BCUT2D eigenvalue weighted by Crippen LogP contribution is 2.34. The van der Waals surface area contributed by atoms with E-state index in [0.29, 0.717) is 27.6 Å². The lowest BCUT2D eigenvalue weighted by Gasteiger charge is -2.37. The molecule has 1 heterocycles. The average Bonchev–Trinajstić information content (AvgIpc) is 2.76. The SMILES string of the molecule is O=C(COc1ccc(Br)cc1)NN1C(=O)c2cc(Cl)ccc2NC1c1ccc(O)cc1. The molecule has 0 saturated heterocycles. The molecule has 0 aromatic heterocycles. The van der Waals surface area contributed by atoms with Crippen molar-refractivity contribution < 1.29 is 19.4 Å². The quantitative estimate of drug-likeness (QED) is 0.478. The summed E-state index contributed by atoms with van der Waals surface area (Å²) in [4.78, 5) is 25.8. The minimum Gasteiger partial charge on any atom is -0.508 e. The van der Waals surface area contributed by atoms with E-state index < -0.39 is 18.0 Å². The fourth-order valence-electron chi connectivity index (χ4n) is 3.13. The van der Waals surface area contributed by atoms with Gasteiger partial charge in [0.05, 0.1) is 5.56 Å². The molecule has 7 nitrogen and oxygen atoms in total. The molecule has 1 unspecified atom stereocenters. The lowest BCUT2D eigenvalue weighted by Crippen LogP contribution is -2.53. The van der Waals surface area contributed by atoms with Gasteiger partial charge in [-0.15, -0.1) is 0 Å². The normalized spacial score (nSPS) is 15.1. The predicted octanol–water partition coefficient (Wildman–Crippen LogP) is 4.48. The number of carbonyl (C=O) groups excluding carboxylic acids is 2. The highest BCUT2D eigenvalue weighted by Gasteiger charge is 2.34. The Bertz CT molecular complexity index is 1120. The third-order valence-electron chi connectivity index (χ3n) is 4.62. The summed E-state index contributed by atoms with van der Waals surface area (Å²) in [5.74, 6) is -0.316. The number of phenolic OH excluding ortho intramolecular Hbond substituents is 1. The van der Waals surface area contributed by atoms with Crippen molar-refractivity contribution in [2.24, 2.45) is 0 Å². The zero-order valence-corrected chi connectivity index (χ0v) is 18.4. The maximum Gasteiger partial charge on any atom is 0.276 e. The molecule has 1 aliphatic heterocycles. The molecular weight excluding hydrogens is 486 g/mol. The predicted molar refractivity (Wildman–Crippen MR) is 120 cm³/mol. The fraction of sp³-hybridized carbons (Fsp3) is 0.0909. The van der Waals surface area contributed by atoms with Crippen LogP contribution in [-0.2, 0) is 4.79 Å². The van der Waals surface area contributed by atoms with Crippen molar-refractivity contribution >= 4 is 45.0 Å². The van der Waals surface area contributed by atoms with Gasteiger partial charge in [-0.25, -0.2) is 5.01 Å². The van der Waals surface area contributed by atoms with Crippen molar-refractivity contribution in [3.8, 4) is 11.5 Å². The number of nitrogens with zero attached hydrogens (tertiary/aromatic N) is 1. The van der Waals surface area contributed by atoms with E-state index in [-0.39, 0.29) is 12.4 Å². The molecule has 9 heteroatoms. The lowest BCUT2D eigenvalue weighted by molar-refractivity contribution is -0.127. The number of hydrazine groups is 1. The summed E-state index contributed by atoms with van der Waals surface area (Å²) in [6.07, 6.45) is -0.696. The number of anilines is 1. The first kappa shape index (κ1) is 21.0. The van der Waals surface area contributed by atoms with E-state index in [2.05, 4.69) is 26.7 Å². The summed E-state index contributed by atoms with van der Waals surface area (Å²) >= 11 is 9.40. The third kappa shape index (κ3) is 4.76. The van der Waals surface area contributed by atoms with Gasteiger partial charge in [-0.05, 0) is 60.2 Å². The van der Waals surface area contributed by atoms with Gasteiger partial charge < -0.3 is 15.2 Å². The molecule has 1 atom stereocenters. The van der Waals surface area contributed by atoms with Crippen molar-refractivity contribution in [3.63, 3.8) is 0 Å². The molecule has 0 spiro atoms. The number of hydrogen-bond acceptors (Lipinski definition) is 5. The molecule has 0 aliphatic carbocycles. The summed E-state index contributed by atoms with van der Waals surface area (Å²) in [5.41, 5.74) is 4.20. The smallest absolute Gasteiger partial charge is 0.276 e. The Morgan fingerprint density at radius 1 is 1.13 bits per heavy atom. The van der Waals surface area contributed by atoms with Gasteiger partial charge >= 0.3 is 0 Å². The number of fused-ring (bicyclic) bond motifs is 1. The maximum absolute atomic E-state index is 13.2. The minimum atomic E-state index is -0.696. The number of nitrogens with one attached hydrogen (secondary N) is 2. The molecule has 3 aromatic carbocycles. The van der Waals surface area contributed by atoms with E-state index >= 15 is 0 Å². The summed E-state index contributed by atoms with van der Waals surface area (Å²) in [7, 11) is 0. The Morgan fingerprint density at radius 3 is 2.55 bits per heavy atom. The second-order valence-corrected chi connectivity index (χ2v) is 8.13. The number of benzene rings is 3. The third-order valence-corrected chi connectivity index (χ3v) is 5.38. The molecule has 3 N–H and O–H groups in total. The summed E-state index contributed by atoms with van der Waals surface area (Å²) < 4.78 is 6.39. The van der Waals surface area contributed by atoms with Crippen molar-refractivity contribution in [2.45, 2.75) is 6.17 Å². The van der Waals surface area contributed by atoms with Gasteiger partial charge in [0.1, 0.15) is 17.7 Å². The van der Waals surface area contributed by atoms with Crippen LogP contribution in [0.2, 0.25) is 5.02 Å². The Labute approximate surface area is 191 Å². The second-order valence-electron chi connectivity index (χ2n) is 6.78. The van der Waals surface area contributed by atoms with Gasteiger partial charge in [0, 0.05) is 15.2 Å². The standard InChI is InChI=1S/C22H17BrClN3O4/c23-14-3-8-17(9-4-14)31-12-20(29)26-27-21(13-1-6-16(28)7-2-13)25-19-10-5-15(24)11-18(19)22(27)30/h1-11,21,25,28H,12H2,(H,26,29). The first-order valence-corrected chi connectivity index (χ1v) is 10.4. The molecule has 158 valence electrons. The van der Waals surface area contributed by atoms with Crippen molar-refractivity contribution in [3.05, 3.63) is 87.4 Å². The molecular formula is C22H17BrClN3O4. The van der Waals surface area contributed by atoms with Crippen LogP contribution in [0.15, 0.2) is 71.2 Å². The molecule has 31 heavy (non-hydrogen) atoms. The number of ether oxygens (including phenoxy) is 1. The summed E-state index contributed by atoms with van der Waals surface area (Å²) in [6, 6.07) is 18.3. The van der Waals surface area contributed by atoms with Crippen molar-refractivity contribution in [1.82, 2.24) is 10.4 Å². The highest BCUT2D eigenvalue weighted by atomic mass is 79.9. The van der Waals surface area contributed by atoms with Crippen molar-refractivity contribution in [1.29, 1.82) is 0 Å². The first-order valence-electron chi connectivity index (χ1n) is 9.27. The lowest BCUT2D eigenvalue weighted by atomic mass is 10.0. The maximum atomic E-state index is 13.2. The van der Waals surface area contributed by atoms with Crippen LogP contribution in [0.3, 0.4) is 0 Å². The Balaban J connectivity index is 1.56. The molecule has 2 amide bonds. The van der Waals surface area contributed by atoms with E-state index in [9.17, 15) is 14.7 Å². The van der Waals surface area contributed by atoms with Gasteiger partial charge in [0.2, 0.25) is 0 Å². The van der Waals surface area contributed by atoms with Gasteiger partial charge in [-0.3, -0.25) is 15.0 Å². The van der Waals surface area contributed by atoms with E-state index in [1.807, 2.05) is 0 Å². The zero-order valence-electron chi connectivity index (χ0n) is 16.0. The number of rotatable bonds is 5. The van der Waals surface area contributed by atoms with Crippen LogP contribution in [0.25, 0.3) is 0 Å². The number of phenols is 1. The molecule has 3 aromatic rings. The number of carbonyl (C=O) groups is 2. The van der Waals surface area contributed by atoms with E-state index in [1.54, 1.807) is 48.5 Å². The number of halogens is 2. The van der Waals surface area contributed by atoms with Gasteiger partial charge in [-0.2, -0.15) is 0 Å². The molecule has 1 aliphatic rings. The Morgan fingerprint density at radius 2 is 1.84 bits per heavy atom. The topological polar surface area (TPSA) is 90.9 Å². The molecule has 0 radical (unpaired) electrons. The summed E-state index contributed by atoms with van der Waals surface area (Å²) in [6.45, 7) is -0.282. The Hall–Kier alpha value is -3.23. The van der Waals surface area contributed by atoms with Crippen molar-refractivity contribution in [2.75, 3.05) is 11.9 Å². The molecule has 4 rings (SSSR count). The number of aromatic hydroxyl groups is 1. The van der Waals surface area contributed by atoms with Crippen LogP contribution < -0.4 is 15.5 Å². The van der Waals surface area contributed by atoms with E-state index in [0.717, 1.165) is 4.47 Å². The Kier molecular flexibility index (Phi) is 6.01. The number of hydrogen-bond donors (Lipinski definition) is 3. The van der Waals surface area contributed by atoms with E-state index in [1.165, 1.54) is 23.2 Å². The number of amides is 2.